The van der Waals surface area contributed by atoms with E-state index in [1.54, 1.807) is 6.20 Å². The van der Waals surface area contributed by atoms with Crippen LogP contribution in [0.15, 0.2) is 30.5 Å². The normalized spacial score (nSPS) is 20.8. The number of benzene rings is 1. The van der Waals surface area contributed by atoms with E-state index in [0.29, 0.717) is 24.7 Å². The second-order valence-electron chi connectivity index (χ2n) is 6.00. The minimum absolute atomic E-state index is 0.215. The van der Waals surface area contributed by atoms with Gasteiger partial charge in [-0.05, 0) is 24.6 Å². The maximum Gasteiger partial charge on any atom is 0.416 e. The van der Waals surface area contributed by atoms with Gasteiger partial charge in [0.2, 0.25) is 5.91 Å². The van der Waals surface area contributed by atoms with E-state index in [1.165, 1.54) is 23.5 Å². The van der Waals surface area contributed by atoms with Crippen molar-refractivity contribution in [2.24, 2.45) is 0 Å². The number of amides is 1. The van der Waals surface area contributed by atoms with Crippen LogP contribution in [0.1, 0.15) is 22.9 Å². The van der Waals surface area contributed by atoms with Gasteiger partial charge in [-0.15, -0.1) is 11.3 Å². The molecular formula is C17H18F3N3O2S. The molecule has 0 unspecified atom stereocenters. The number of nitrogens with one attached hydrogen (secondary N) is 2. The molecule has 0 radical (unpaired) electrons. The molecular weight excluding hydrogens is 367 g/mol. The topological polar surface area (TPSA) is 63.2 Å². The van der Waals surface area contributed by atoms with E-state index in [2.05, 4.69) is 15.6 Å². The van der Waals surface area contributed by atoms with Crippen LogP contribution in [0.2, 0.25) is 0 Å². The zero-order valence-electron chi connectivity index (χ0n) is 14.0. The maximum atomic E-state index is 12.6. The number of aromatic nitrogens is 1. The van der Waals surface area contributed by atoms with Gasteiger partial charge in [-0.2, -0.15) is 13.2 Å². The maximum absolute atomic E-state index is 12.6. The lowest BCUT2D eigenvalue weighted by molar-refractivity contribution is -0.137. The van der Waals surface area contributed by atoms with E-state index in [1.807, 2.05) is 6.92 Å². The minimum Gasteiger partial charge on any atom is -0.375 e. The Labute approximate surface area is 152 Å². The molecule has 2 atom stereocenters. The number of carbonyl (C=O) groups is 1. The summed E-state index contributed by atoms with van der Waals surface area (Å²) < 4.78 is 43.2. The number of carbonyl (C=O) groups excluding carboxylic acids is 1. The molecule has 0 spiro atoms. The van der Waals surface area contributed by atoms with Crippen LogP contribution in [0.4, 0.5) is 18.3 Å². The Balaban J connectivity index is 1.60. The molecule has 1 saturated heterocycles. The fraction of sp³-hybridized carbons (Fsp3) is 0.412. The van der Waals surface area contributed by atoms with E-state index >= 15 is 0 Å². The van der Waals surface area contributed by atoms with Gasteiger partial charge in [-0.25, -0.2) is 4.98 Å². The molecule has 140 valence electrons. The lowest BCUT2D eigenvalue weighted by atomic mass is 10.1. The highest BCUT2D eigenvalue weighted by molar-refractivity contribution is 7.15. The van der Waals surface area contributed by atoms with Crippen LogP contribution in [0.25, 0.3) is 0 Å². The molecule has 1 fully saturated rings. The molecule has 3 rings (SSSR count). The molecule has 2 heterocycles. The fourth-order valence-corrected chi connectivity index (χ4v) is 3.52. The lowest BCUT2D eigenvalue weighted by Gasteiger charge is -2.28. The molecule has 0 aliphatic carbocycles. The molecule has 2 N–H and O–H groups in total. The Kier molecular flexibility index (Phi) is 5.59. The van der Waals surface area contributed by atoms with Crippen LogP contribution in [-0.4, -0.2) is 36.2 Å². The van der Waals surface area contributed by atoms with Gasteiger partial charge in [0.25, 0.3) is 0 Å². The average Bonchev–Trinajstić information content (AvgIpc) is 3.01. The summed E-state index contributed by atoms with van der Waals surface area (Å²) in [5, 5.41) is 6.31. The predicted octanol–water partition coefficient (Wildman–Crippen LogP) is 3.07. The predicted molar refractivity (Wildman–Crippen MR) is 92.2 cm³/mol. The van der Waals surface area contributed by atoms with Gasteiger partial charge in [-0.3, -0.25) is 4.79 Å². The summed E-state index contributed by atoms with van der Waals surface area (Å²) in [5.41, 5.74) is 0.0744. The van der Waals surface area contributed by atoms with Crippen molar-refractivity contribution in [2.75, 3.05) is 18.5 Å². The third kappa shape index (κ3) is 4.60. The highest BCUT2D eigenvalue weighted by Crippen LogP contribution is 2.30. The minimum atomic E-state index is -4.34. The Hall–Kier alpha value is -1.97. The number of morpholine rings is 1. The summed E-state index contributed by atoms with van der Waals surface area (Å²) in [7, 11) is 0. The smallest absolute Gasteiger partial charge is 0.375 e. The average molecular weight is 385 g/mol. The highest BCUT2D eigenvalue weighted by Gasteiger charge is 2.30. The molecule has 1 aromatic heterocycles. The SMILES string of the molecule is C[C@H]1OCCN[C@@H]1C(=O)Nc1ncc(Cc2ccc(C(F)(F)F)cc2)s1. The Bertz CT molecular complexity index is 761. The number of hydrogen-bond donors (Lipinski definition) is 2. The van der Waals surface area contributed by atoms with Gasteiger partial charge in [-0.1, -0.05) is 12.1 Å². The number of anilines is 1. The number of nitrogens with zero attached hydrogens (tertiary/aromatic N) is 1. The van der Waals surface area contributed by atoms with E-state index in [-0.39, 0.29) is 12.0 Å². The van der Waals surface area contributed by atoms with Crippen molar-refractivity contribution < 1.29 is 22.7 Å². The number of alkyl halides is 3. The number of ether oxygens (including phenoxy) is 1. The first-order chi connectivity index (χ1) is 12.3. The van der Waals surface area contributed by atoms with Crippen molar-refractivity contribution in [3.8, 4) is 0 Å². The molecule has 9 heteroatoms. The molecule has 1 aliphatic heterocycles. The molecule has 1 aliphatic rings. The third-order valence-electron chi connectivity index (χ3n) is 4.04. The van der Waals surface area contributed by atoms with Crippen LogP contribution in [0, 0.1) is 0 Å². The summed E-state index contributed by atoms with van der Waals surface area (Å²) in [5.74, 6) is -0.215. The van der Waals surface area contributed by atoms with Crippen molar-refractivity contribution in [1.29, 1.82) is 0 Å². The number of thiazole rings is 1. The van der Waals surface area contributed by atoms with Crippen LogP contribution < -0.4 is 10.6 Å². The van der Waals surface area contributed by atoms with E-state index in [0.717, 1.165) is 22.6 Å². The summed E-state index contributed by atoms with van der Waals surface area (Å²) >= 11 is 1.30. The van der Waals surface area contributed by atoms with Gasteiger partial charge in [0.1, 0.15) is 6.04 Å². The first kappa shape index (κ1) is 18.8. The van der Waals surface area contributed by atoms with Gasteiger partial charge in [0, 0.05) is 24.0 Å². The molecule has 2 aromatic rings. The quantitative estimate of drug-likeness (QED) is 0.849. The third-order valence-corrected chi connectivity index (χ3v) is 4.96. The van der Waals surface area contributed by atoms with E-state index < -0.39 is 17.8 Å². The second kappa shape index (κ2) is 7.73. The summed E-state index contributed by atoms with van der Waals surface area (Å²) in [6.45, 7) is 3.01. The number of halogens is 3. The van der Waals surface area contributed by atoms with Crippen LogP contribution >= 0.6 is 11.3 Å². The van der Waals surface area contributed by atoms with Crippen molar-refractivity contribution in [2.45, 2.75) is 31.7 Å². The van der Waals surface area contributed by atoms with Gasteiger partial charge < -0.3 is 15.4 Å². The van der Waals surface area contributed by atoms with Gasteiger partial charge >= 0.3 is 6.18 Å². The fourth-order valence-electron chi connectivity index (χ4n) is 2.67. The Morgan fingerprint density at radius 1 is 1.38 bits per heavy atom. The number of rotatable bonds is 4. The summed E-state index contributed by atoms with van der Waals surface area (Å²) in [6.07, 6.45) is -2.50. The Morgan fingerprint density at radius 3 is 2.77 bits per heavy atom. The second-order valence-corrected chi connectivity index (χ2v) is 7.12. The first-order valence-corrected chi connectivity index (χ1v) is 8.91. The summed E-state index contributed by atoms with van der Waals surface area (Å²) in [4.78, 5) is 17.3. The standard InChI is InChI=1S/C17H18F3N3O2S/c1-10-14(21-6-7-25-10)15(24)23-16-22-9-13(26-16)8-11-2-4-12(5-3-11)17(18,19)20/h2-5,9-10,14,21H,6-8H2,1H3,(H,22,23,24)/t10-,14+/m1/s1. The molecule has 26 heavy (non-hydrogen) atoms. The van der Waals surface area contributed by atoms with Crippen molar-refractivity contribution >= 4 is 22.4 Å². The molecule has 5 nitrogen and oxygen atoms in total. The van der Waals surface area contributed by atoms with Gasteiger partial charge in [0.05, 0.1) is 18.3 Å². The molecule has 1 aromatic carbocycles. The van der Waals surface area contributed by atoms with Gasteiger partial charge in [0.15, 0.2) is 5.13 Å². The molecule has 1 amide bonds. The Morgan fingerprint density at radius 2 is 2.12 bits per heavy atom. The van der Waals surface area contributed by atoms with Crippen LogP contribution in [-0.2, 0) is 22.1 Å². The first-order valence-electron chi connectivity index (χ1n) is 8.09. The monoisotopic (exact) mass is 385 g/mol. The van der Waals surface area contributed by atoms with Crippen LogP contribution in [0.3, 0.4) is 0 Å². The van der Waals surface area contributed by atoms with E-state index in [4.69, 9.17) is 4.74 Å². The van der Waals surface area contributed by atoms with Crippen molar-refractivity contribution in [1.82, 2.24) is 10.3 Å². The largest absolute Gasteiger partial charge is 0.416 e. The zero-order chi connectivity index (χ0) is 18.7. The molecule has 0 saturated carbocycles. The number of hydrogen-bond acceptors (Lipinski definition) is 5. The highest BCUT2D eigenvalue weighted by atomic mass is 32.1. The van der Waals surface area contributed by atoms with Crippen LogP contribution in [0.5, 0.6) is 0 Å². The molecule has 0 bridgehead atoms. The zero-order valence-corrected chi connectivity index (χ0v) is 14.8. The van der Waals surface area contributed by atoms with Crippen molar-refractivity contribution in [3.05, 3.63) is 46.5 Å². The summed E-state index contributed by atoms with van der Waals surface area (Å²) in [6, 6.07) is 4.59. The van der Waals surface area contributed by atoms with E-state index in [9.17, 15) is 18.0 Å². The lowest BCUT2D eigenvalue weighted by Crippen LogP contribution is -2.53. The van der Waals surface area contributed by atoms with Crippen molar-refractivity contribution in [3.63, 3.8) is 0 Å².